The molecule has 1 saturated heterocycles. The molecule has 2 aromatic rings. The molecule has 1 aliphatic heterocycles. The average Bonchev–Trinajstić information content (AvgIpc) is 3.22. The minimum Gasteiger partial charge on any atom is -0.390 e. The van der Waals surface area contributed by atoms with Gasteiger partial charge in [0.25, 0.3) is 5.91 Å². The molecule has 3 fully saturated rings. The van der Waals surface area contributed by atoms with Gasteiger partial charge < -0.3 is 20.4 Å². The minimum atomic E-state index is -1.30. The lowest BCUT2D eigenvalue weighted by atomic mass is 9.89. The molecular formula is C22H23ClF2N6O3. The van der Waals surface area contributed by atoms with E-state index in [1.165, 1.54) is 23.4 Å². The van der Waals surface area contributed by atoms with E-state index in [9.17, 15) is 23.8 Å². The maximum atomic E-state index is 14.6. The number of carbonyl (C=O) groups excluding carboxylic acids is 1. The molecule has 180 valence electrons. The molecule has 1 amide bonds. The van der Waals surface area contributed by atoms with Crippen molar-refractivity contribution in [2.45, 2.75) is 49.7 Å². The van der Waals surface area contributed by atoms with Gasteiger partial charge in [0.1, 0.15) is 30.2 Å². The Morgan fingerprint density at radius 3 is 2.79 bits per heavy atom. The zero-order chi connectivity index (χ0) is 23.7. The standard InChI is InChI=1S/C22H23ClF2N6O3/c23-8-1-2-13(25)12(3-8)14-4-9(24)6-31(14)22(34)17-15-20(26-7-27-21(15)30-29-17)28-16-10-5-11(10)18(32)19(16)33/h1-2,7,9-12,14,16,18-19,32-33H,3-6H2,(H2,26,27,28,29,30)/t9-,10-,11+,12?,14+,16+,18+,19-/m0/s1. The first-order valence-corrected chi connectivity index (χ1v) is 11.7. The lowest BCUT2D eigenvalue weighted by molar-refractivity contribution is 0.0201. The fraction of sp³-hybridized carbons (Fsp3) is 0.545. The topological polar surface area (TPSA) is 127 Å². The number of carbonyl (C=O) groups is 1. The van der Waals surface area contributed by atoms with Crippen LogP contribution in [0, 0.1) is 17.8 Å². The maximum Gasteiger partial charge on any atom is 0.275 e. The molecule has 12 heteroatoms. The molecule has 4 N–H and O–H groups in total. The fourth-order valence-electron chi connectivity index (χ4n) is 5.79. The van der Waals surface area contributed by atoms with Gasteiger partial charge in [0, 0.05) is 23.4 Å². The highest BCUT2D eigenvalue weighted by Crippen LogP contribution is 2.53. The third-order valence-corrected chi connectivity index (χ3v) is 7.86. The second kappa shape index (κ2) is 7.96. The van der Waals surface area contributed by atoms with Crippen molar-refractivity contribution in [1.29, 1.82) is 0 Å². The minimum absolute atomic E-state index is 0.00101. The van der Waals surface area contributed by atoms with Gasteiger partial charge in [-0.2, -0.15) is 5.10 Å². The van der Waals surface area contributed by atoms with Crippen molar-refractivity contribution >= 4 is 34.4 Å². The predicted molar refractivity (Wildman–Crippen MR) is 118 cm³/mol. The van der Waals surface area contributed by atoms with Gasteiger partial charge in [-0.05, 0) is 36.8 Å². The molecule has 2 saturated carbocycles. The van der Waals surface area contributed by atoms with Crippen LogP contribution in [0.2, 0.25) is 0 Å². The van der Waals surface area contributed by atoms with E-state index in [1.807, 2.05) is 0 Å². The molecule has 0 spiro atoms. The lowest BCUT2D eigenvalue weighted by Crippen LogP contribution is -2.41. The Kier molecular flexibility index (Phi) is 5.12. The first-order chi connectivity index (χ1) is 16.3. The number of nitrogens with zero attached hydrogens (tertiary/aromatic N) is 4. The maximum absolute atomic E-state index is 14.6. The van der Waals surface area contributed by atoms with Crippen molar-refractivity contribution in [1.82, 2.24) is 25.1 Å². The number of anilines is 1. The summed E-state index contributed by atoms with van der Waals surface area (Å²) in [5.74, 6) is -1.30. The summed E-state index contributed by atoms with van der Waals surface area (Å²) in [5, 5.41) is 31.3. The van der Waals surface area contributed by atoms with Crippen LogP contribution in [0.1, 0.15) is 29.8 Å². The van der Waals surface area contributed by atoms with E-state index in [2.05, 4.69) is 25.5 Å². The molecular weight excluding hydrogens is 470 g/mol. The van der Waals surface area contributed by atoms with Crippen molar-refractivity contribution in [3.63, 3.8) is 0 Å². The number of likely N-dealkylation sites (tertiary alicyclic amines) is 1. The quantitative estimate of drug-likeness (QED) is 0.514. The third-order valence-electron chi connectivity index (χ3n) is 7.58. The van der Waals surface area contributed by atoms with E-state index in [-0.39, 0.29) is 42.7 Å². The third kappa shape index (κ3) is 3.40. The number of aliphatic hydroxyl groups is 2. The Labute approximate surface area is 197 Å². The summed E-state index contributed by atoms with van der Waals surface area (Å²) in [6.07, 6.45) is 1.94. The number of aliphatic hydroxyl groups excluding tert-OH is 2. The summed E-state index contributed by atoms with van der Waals surface area (Å²) in [6, 6.07) is -1.14. The zero-order valence-corrected chi connectivity index (χ0v) is 18.7. The van der Waals surface area contributed by atoms with Crippen LogP contribution < -0.4 is 5.32 Å². The first kappa shape index (κ1) is 21.9. The van der Waals surface area contributed by atoms with Crippen molar-refractivity contribution in [2.24, 2.45) is 17.8 Å². The Hall–Kier alpha value is -2.63. The van der Waals surface area contributed by atoms with E-state index < -0.39 is 48.1 Å². The number of fused-ring (bicyclic) bond motifs is 2. The van der Waals surface area contributed by atoms with E-state index in [4.69, 9.17) is 11.6 Å². The summed E-state index contributed by atoms with van der Waals surface area (Å²) in [7, 11) is 0. The largest absolute Gasteiger partial charge is 0.390 e. The van der Waals surface area contributed by atoms with E-state index >= 15 is 0 Å². The highest BCUT2D eigenvalue weighted by Gasteiger charge is 2.59. The van der Waals surface area contributed by atoms with Gasteiger partial charge in [0.2, 0.25) is 0 Å². The van der Waals surface area contributed by atoms with Gasteiger partial charge >= 0.3 is 0 Å². The smallest absolute Gasteiger partial charge is 0.275 e. The highest BCUT2D eigenvalue weighted by atomic mass is 35.5. The summed E-state index contributed by atoms with van der Waals surface area (Å²) in [5.41, 5.74) is 0.280. The Morgan fingerprint density at radius 1 is 1.21 bits per heavy atom. The summed E-state index contributed by atoms with van der Waals surface area (Å²) in [4.78, 5) is 23.3. The van der Waals surface area contributed by atoms with Crippen LogP contribution in [0.3, 0.4) is 0 Å². The molecule has 0 bridgehead atoms. The number of allylic oxidation sites excluding steroid dienone is 3. The number of rotatable bonds is 4. The van der Waals surface area contributed by atoms with Crippen LogP contribution in [-0.2, 0) is 0 Å². The fourth-order valence-corrected chi connectivity index (χ4v) is 6.02. The van der Waals surface area contributed by atoms with Crippen molar-refractivity contribution in [3.05, 3.63) is 35.0 Å². The molecule has 2 aromatic heterocycles. The molecule has 9 nitrogen and oxygen atoms in total. The predicted octanol–water partition coefficient (Wildman–Crippen LogP) is 2.05. The molecule has 3 aliphatic carbocycles. The molecule has 3 heterocycles. The molecule has 34 heavy (non-hydrogen) atoms. The molecule has 6 rings (SSSR count). The number of halogens is 3. The van der Waals surface area contributed by atoms with Crippen molar-refractivity contribution in [3.8, 4) is 0 Å². The Balaban J connectivity index is 1.32. The normalized spacial score (nSPS) is 36.9. The second-order valence-corrected chi connectivity index (χ2v) is 10.1. The molecule has 1 unspecified atom stereocenters. The number of aromatic amines is 1. The Morgan fingerprint density at radius 2 is 2.03 bits per heavy atom. The number of hydrogen-bond donors (Lipinski definition) is 4. The van der Waals surface area contributed by atoms with E-state index in [0.717, 1.165) is 6.42 Å². The summed E-state index contributed by atoms with van der Waals surface area (Å²) < 4.78 is 29.1. The number of hydrogen-bond acceptors (Lipinski definition) is 7. The van der Waals surface area contributed by atoms with Crippen LogP contribution in [0.15, 0.2) is 29.3 Å². The first-order valence-electron chi connectivity index (χ1n) is 11.3. The number of amides is 1. The van der Waals surface area contributed by atoms with Gasteiger partial charge in [-0.25, -0.2) is 18.7 Å². The van der Waals surface area contributed by atoms with Crippen molar-refractivity contribution in [2.75, 3.05) is 11.9 Å². The van der Waals surface area contributed by atoms with Crippen LogP contribution >= 0.6 is 11.6 Å². The number of aromatic nitrogens is 4. The lowest BCUT2D eigenvalue weighted by Gasteiger charge is -2.31. The van der Waals surface area contributed by atoms with Crippen molar-refractivity contribution < 1.29 is 23.8 Å². The molecule has 4 aliphatic rings. The van der Waals surface area contributed by atoms with E-state index in [0.29, 0.717) is 16.1 Å². The van der Waals surface area contributed by atoms with Gasteiger partial charge in [0.15, 0.2) is 11.3 Å². The molecule has 0 aromatic carbocycles. The zero-order valence-electron chi connectivity index (χ0n) is 17.9. The molecule has 8 atom stereocenters. The van der Waals surface area contributed by atoms with Crippen LogP contribution in [0.4, 0.5) is 14.6 Å². The summed E-state index contributed by atoms with van der Waals surface area (Å²) in [6.45, 7) is -0.184. The number of alkyl halides is 1. The number of H-pyrrole nitrogens is 1. The monoisotopic (exact) mass is 492 g/mol. The van der Waals surface area contributed by atoms with Crippen LogP contribution in [0.5, 0.6) is 0 Å². The molecule has 0 radical (unpaired) electrons. The van der Waals surface area contributed by atoms with Gasteiger partial charge in [-0.1, -0.05) is 11.6 Å². The Bertz CT molecular complexity index is 1220. The van der Waals surface area contributed by atoms with Crippen LogP contribution in [0.25, 0.3) is 11.0 Å². The van der Waals surface area contributed by atoms with Gasteiger partial charge in [0.05, 0.1) is 24.1 Å². The highest BCUT2D eigenvalue weighted by molar-refractivity contribution is 6.29. The average molecular weight is 493 g/mol. The van der Waals surface area contributed by atoms with Gasteiger partial charge in [-0.15, -0.1) is 0 Å². The van der Waals surface area contributed by atoms with E-state index in [1.54, 1.807) is 0 Å². The second-order valence-electron chi connectivity index (χ2n) is 9.57. The summed E-state index contributed by atoms with van der Waals surface area (Å²) >= 11 is 6.11. The van der Waals surface area contributed by atoms with Crippen LogP contribution in [-0.4, -0.2) is 78.2 Å². The number of nitrogens with one attached hydrogen (secondary N) is 2. The van der Waals surface area contributed by atoms with Gasteiger partial charge in [-0.3, -0.25) is 9.89 Å². The SMILES string of the molecule is O=C(c1n[nH]c2ncnc(N[C@H]3[C@H](O)[C@H](O)[C@@H]4C[C@@H]43)c12)N1C[C@@H](F)C[C@@H]1C1CC(Cl)=CC=C1F.